The summed E-state index contributed by atoms with van der Waals surface area (Å²) in [4.78, 5) is 66.8. The SMILES string of the molecule is COc1ccc(/C=C(\NC(=O)c2ccccc2)C(=O)Nc2ccc(SC(C)C(=O)Nc3cccc4c3C(=O)c3ccccc3C4=O)cc2)cc1. The average molecular weight is 682 g/mol. The molecule has 6 rings (SSSR count). The van der Waals surface area contributed by atoms with E-state index >= 15 is 0 Å². The van der Waals surface area contributed by atoms with Crippen LogP contribution >= 0.6 is 11.8 Å². The maximum Gasteiger partial charge on any atom is 0.272 e. The van der Waals surface area contributed by atoms with Crippen molar-refractivity contribution in [1.82, 2.24) is 5.32 Å². The second-order valence-corrected chi connectivity index (χ2v) is 12.7. The highest BCUT2D eigenvalue weighted by Gasteiger charge is 2.32. The second-order valence-electron chi connectivity index (χ2n) is 11.3. The van der Waals surface area contributed by atoms with E-state index in [4.69, 9.17) is 4.74 Å². The lowest BCUT2D eigenvalue weighted by Crippen LogP contribution is -2.30. The van der Waals surface area contributed by atoms with Crippen LogP contribution in [-0.4, -0.2) is 41.6 Å². The molecule has 0 saturated carbocycles. The zero-order chi connectivity index (χ0) is 35.2. The highest BCUT2D eigenvalue weighted by atomic mass is 32.2. The lowest BCUT2D eigenvalue weighted by molar-refractivity contribution is -0.115. The molecular weight excluding hydrogens is 651 g/mol. The van der Waals surface area contributed by atoms with E-state index in [9.17, 15) is 24.0 Å². The molecule has 5 aromatic carbocycles. The van der Waals surface area contributed by atoms with Crippen molar-refractivity contribution in [2.75, 3.05) is 17.7 Å². The van der Waals surface area contributed by atoms with Crippen LogP contribution in [-0.2, 0) is 9.59 Å². The number of carbonyl (C=O) groups is 5. The molecule has 1 aliphatic rings. The number of methoxy groups -OCH3 is 1. The van der Waals surface area contributed by atoms with Crippen LogP contribution in [0.5, 0.6) is 5.75 Å². The molecule has 1 aliphatic carbocycles. The summed E-state index contributed by atoms with van der Waals surface area (Å²) in [7, 11) is 1.56. The van der Waals surface area contributed by atoms with Gasteiger partial charge >= 0.3 is 0 Å². The minimum Gasteiger partial charge on any atom is -0.497 e. The van der Waals surface area contributed by atoms with Gasteiger partial charge in [-0.3, -0.25) is 24.0 Å². The quantitative estimate of drug-likeness (QED) is 0.105. The fourth-order valence-electron chi connectivity index (χ4n) is 5.37. The van der Waals surface area contributed by atoms with Gasteiger partial charge in [0.1, 0.15) is 11.4 Å². The Morgan fingerprint density at radius 3 is 2.02 bits per heavy atom. The number of ketones is 2. The van der Waals surface area contributed by atoms with Crippen LogP contribution in [0.2, 0.25) is 0 Å². The molecule has 9 nitrogen and oxygen atoms in total. The number of benzene rings is 5. The minimum atomic E-state index is -0.569. The van der Waals surface area contributed by atoms with E-state index in [1.165, 1.54) is 11.8 Å². The Hall–Kier alpha value is -6.26. The molecule has 0 spiro atoms. The molecule has 0 heterocycles. The van der Waals surface area contributed by atoms with Gasteiger partial charge in [-0.1, -0.05) is 66.7 Å². The van der Waals surface area contributed by atoms with Gasteiger partial charge in [-0.05, 0) is 73.2 Å². The van der Waals surface area contributed by atoms with E-state index < -0.39 is 17.1 Å². The summed E-state index contributed by atoms with van der Waals surface area (Å²) in [5.41, 5.74) is 2.97. The van der Waals surface area contributed by atoms with Gasteiger partial charge in [0.15, 0.2) is 11.6 Å². The number of fused-ring (bicyclic) bond motifs is 2. The maximum atomic E-state index is 13.4. The third kappa shape index (κ3) is 7.40. The van der Waals surface area contributed by atoms with E-state index in [1.54, 1.807) is 141 Å². The molecule has 10 heteroatoms. The number of rotatable bonds is 10. The Morgan fingerprint density at radius 2 is 1.34 bits per heavy atom. The van der Waals surface area contributed by atoms with Crippen molar-refractivity contribution in [1.29, 1.82) is 0 Å². The molecule has 5 aromatic rings. The van der Waals surface area contributed by atoms with Crippen molar-refractivity contribution >= 4 is 58.5 Å². The maximum absolute atomic E-state index is 13.4. The van der Waals surface area contributed by atoms with Crippen molar-refractivity contribution in [2.24, 2.45) is 0 Å². The Kier molecular flexibility index (Phi) is 10.0. The van der Waals surface area contributed by atoms with Crippen molar-refractivity contribution in [3.63, 3.8) is 0 Å². The molecule has 1 unspecified atom stereocenters. The average Bonchev–Trinajstić information content (AvgIpc) is 3.14. The molecule has 0 saturated heterocycles. The van der Waals surface area contributed by atoms with Crippen LogP contribution in [0, 0.1) is 0 Å². The molecule has 50 heavy (non-hydrogen) atoms. The predicted octanol–water partition coefficient (Wildman–Crippen LogP) is 7.00. The number of carbonyl (C=O) groups excluding carboxylic acids is 5. The van der Waals surface area contributed by atoms with Gasteiger partial charge in [0.05, 0.1) is 23.6 Å². The summed E-state index contributed by atoms with van der Waals surface area (Å²) >= 11 is 1.29. The van der Waals surface area contributed by atoms with Gasteiger partial charge < -0.3 is 20.7 Å². The van der Waals surface area contributed by atoms with Crippen molar-refractivity contribution < 1.29 is 28.7 Å². The fraction of sp³-hybridized carbons (Fsp3) is 0.0750. The summed E-state index contributed by atoms with van der Waals surface area (Å²) in [5.74, 6) is -1.23. The smallest absolute Gasteiger partial charge is 0.272 e. The molecule has 0 radical (unpaired) electrons. The van der Waals surface area contributed by atoms with Gasteiger partial charge in [0.25, 0.3) is 11.8 Å². The lowest BCUT2D eigenvalue weighted by atomic mass is 9.83. The zero-order valence-electron chi connectivity index (χ0n) is 27.1. The Morgan fingerprint density at radius 1 is 0.700 bits per heavy atom. The van der Waals surface area contributed by atoms with E-state index in [0.717, 1.165) is 4.90 Å². The van der Waals surface area contributed by atoms with Crippen molar-refractivity contribution in [2.45, 2.75) is 17.1 Å². The van der Waals surface area contributed by atoms with Gasteiger partial charge in [-0.25, -0.2) is 0 Å². The van der Waals surface area contributed by atoms with E-state index in [2.05, 4.69) is 16.0 Å². The summed E-state index contributed by atoms with van der Waals surface area (Å²) in [5, 5.41) is 7.82. The van der Waals surface area contributed by atoms with Crippen LogP contribution in [0.1, 0.15) is 54.7 Å². The highest BCUT2D eigenvalue weighted by Crippen LogP contribution is 2.33. The third-order valence-corrected chi connectivity index (χ3v) is 9.07. The number of hydrogen-bond acceptors (Lipinski definition) is 7. The molecule has 3 N–H and O–H groups in total. The standard InChI is InChI=1S/C40H31N3O6S/c1-24(38(46)42-33-14-8-13-32-35(33)37(45)31-12-7-6-11-30(31)36(32)44)50-29-21-17-27(18-22-29)41-40(48)34(23-25-15-19-28(49-2)20-16-25)43-39(47)26-9-4-3-5-10-26/h3-24H,1-2H3,(H,41,48)(H,42,46)(H,43,47)/b34-23-. The largest absolute Gasteiger partial charge is 0.497 e. The zero-order valence-corrected chi connectivity index (χ0v) is 27.9. The monoisotopic (exact) mass is 681 g/mol. The first kappa shape index (κ1) is 33.6. The number of anilines is 2. The first-order valence-electron chi connectivity index (χ1n) is 15.6. The second kappa shape index (κ2) is 14.9. The molecule has 0 aliphatic heterocycles. The number of nitrogens with one attached hydrogen (secondary N) is 3. The van der Waals surface area contributed by atoms with Gasteiger partial charge in [0.2, 0.25) is 5.91 Å². The van der Waals surface area contributed by atoms with Gasteiger partial charge in [0, 0.05) is 32.8 Å². The van der Waals surface area contributed by atoms with Crippen LogP contribution in [0.4, 0.5) is 11.4 Å². The highest BCUT2D eigenvalue weighted by molar-refractivity contribution is 8.00. The topological polar surface area (TPSA) is 131 Å². The molecule has 3 amide bonds. The van der Waals surface area contributed by atoms with Crippen molar-refractivity contribution in [3.05, 3.63) is 160 Å². The third-order valence-electron chi connectivity index (χ3n) is 7.96. The van der Waals surface area contributed by atoms with Crippen LogP contribution < -0.4 is 20.7 Å². The van der Waals surface area contributed by atoms with Gasteiger partial charge in [-0.2, -0.15) is 0 Å². The van der Waals surface area contributed by atoms with Crippen LogP contribution in [0.15, 0.2) is 132 Å². The van der Waals surface area contributed by atoms with E-state index in [1.807, 2.05) is 0 Å². The first-order chi connectivity index (χ1) is 24.2. The number of ether oxygens (including phenoxy) is 1. The van der Waals surface area contributed by atoms with E-state index in [-0.39, 0.29) is 40.0 Å². The normalized spacial score (nSPS) is 12.6. The summed E-state index contributed by atoms with van der Waals surface area (Å²) in [6, 6.07) is 34.1. The summed E-state index contributed by atoms with van der Waals surface area (Å²) in [6.07, 6.45) is 1.58. The Labute approximate surface area is 292 Å². The Bertz CT molecular complexity index is 2140. The van der Waals surface area contributed by atoms with Crippen LogP contribution in [0.25, 0.3) is 6.08 Å². The number of amides is 3. The van der Waals surface area contributed by atoms with Gasteiger partial charge in [-0.15, -0.1) is 11.8 Å². The molecule has 248 valence electrons. The fourth-order valence-corrected chi connectivity index (χ4v) is 6.23. The van der Waals surface area contributed by atoms with Crippen LogP contribution in [0.3, 0.4) is 0 Å². The summed E-state index contributed by atoms with van der Waals surface area (Å²) in [6.45, 7) is 1.74. The molecule has 0 fully saturated rings. The molecule has 0 bridgehead atoms. The number of hydrogen-bond donors (Lipinski definition) is 3. The van der Waals surface area contributed by atoms with E-state index in [0.29, 0.717) is 33.7 Å². The number of thioether (sulfide) groups is 1. The lowest BCUT2D eigenvalue weighted by Gasteiger charge is -2.21. The Balaban J connectivity index is 1.12. The predicted molar refractivity (Wildman–Crippen MR) is 194 cm³/mol. The molecule has 0 aromatic heterocycles. The first-order valence-corrected chi connectivity index (χ1v) is 16.5. The molecular formula is C40H31N3O6S. The van der Waals surface area contributed by atoms with Crippen molar-refractivity contribution in [3.8, 4) is 5.75 Å². The molecule has 1 atom stereocenters. The summed E-state index contributed by atoms with van der Waals surface area (Å²) < 4.78 is 5.22. The minimum absolute atomic E-state index is 0.0412.